The maximum absolute atomic E-state index is 11.9. The van der Waals surface area contributed by atoms with Gasteiger partial charge in [0.05, 0.1) is 5.69 Å². The van der Waals surface area contributed by atoms with E-state index in [4.69, 9.17) is 16.1 Å². The second-order valence-corrected chi connectivity index (χ2v) is 5.42. The Morgan fingerprint density at radius 2 is 1.96 bits per heavy atom. The molecule has 0 aliphatic carbocycles. The van der Waals surface area contributed by atoms with Gasteiger partial charge < -0.3 is 15.2 Å². The molecule has 1 heterocycles. The van der Waals surface area contributed by atoms with Crippen molar-refractivity contribution in [2.24, 2.45) is 0 Å². The molecular formula is C16H18ClN3O3. The predicted molar refractivity (Wildman–Crippen MR) is 86.2 cm³/mol. The van der Waals surface area contributed by atoms with Crippen molar-refractivity contribution < 1.29 is 14.1 Å². The number of halogens is 1. The van der Waals surface area contributed by atoms with Crippen LogP contribution in [0.3, 0.4) is 0 Å². The molecule has 2 N–H and O–H groups in total. The Morgan fingerprint density at radius 3 is 2.52 bits per heavy atom. The number of nitrogens with zero attached hydrogens (tertiary/aromatic N) is 1. The third-order valence-electron chi connectivity index (χ3n) is 3.47. The molecule has 0 aliphatic heterocycles. The van der Waals surface area contributed by atoms with Crippen molar-refractivity contribution in [2.75, 3.05) is 7.05 Å². The molecule has 1 aromatic heterocycles. The number of hydrogen-bond donors (Lipinski definition) is 2. The van der Waals surface area contributed by atoms with Gasteiger partial charge in [-0.15, -0.1) is 0 Å². The second-order valence-electron chi connectivity index (χ2n) is 5.07. The van der Waals surface area contributed by atoms with Crippen molar-refractivity contribution in [1.82, 2.24) is 15.8 Å². The zero-order valence-corrected chi connectivity index (χ0v) is 13.7. The van der Waals surface area contributed by atoms with E-state index < -0.39 is 0 Å². The number of hydrogen-bond acceptors (Lipinski definition) is 4. The molecule has 0 atom stereocenters. The molecule has 0 saturated heterocycles. The lowest BCUT2D eigenvalue weighted by Crippen LogP contribution is -2.23. The molecule has 2 amide bonds. The number of nitrogens with one attached hydrogen (secondary N) is 2. The van der Waals surface area contributed by atoms with Crippen LogP contribution < -0.4 is 10.6 Å². The van der Waals surface area contributed by atoms with E-state index in [9.17, 15) is 9.59 Å². The van der Waals surface area contributed by atoms with E-state index >= 15 is 0 Å². The summed E-state index contributed by atoms with van der Waals surface area (Å²) >= 11 is 5.86. The Hall–Kier alpha value is -2.34. The summed E-state index contributed by atoms with van der Waals surface area (Å²) in [7, 11) is 1.58. The first-order valence-electron chi connectivity index (χ1n) is 7.19. The van der Waals surface area contributed by atoms with Gasteiger partial charge in [-0.25, -0.2) is 0 Å². The van der Waals surface area contributed by atoms with Crippen molar-refractivity contribution in [2.45, 2.75) is 26.3 Å². The van der Waals surface area contributed by atoms with Crippen LogP contribution >= 0.6 is 11.6 Å². The van der Waals surface area contributed by atoms with Crippen LogP contribution in [0, 0.1) is 6.92 Å². The fraction of sp³-hybridized carbons (Fsp3) is 0.312. The molecular weight excluding hydrogens is 318 g/mol. The summed E-state index contributed by atoms with van der Waals surface area (Å²) in [6, 6.07) is 7.07. The van der Waals surface area contributed by atoms with Gasteiger partial charge in [0.15, 0.2) is 0 Å². The molecule has 0 bridgehead atoms. The van der Waals surface area contributed by atoms with Gasteiger partial charge in [0.25, 0.3) is 5.91 Å². The van der Waals surface area contributed by atoms with Gasteiger partial charge in [-0.1, -0.05) is 17.3 Å². The van der Waals surface area contributed by atoms with Crippen LogP contribution in [-0.2, 0) is 17.8 Å². The molecule has 0 saturated carbocycles. The average Bonchev–Trinajstić information content (AvgIpc) is 2.89. The van der Waals surface area contributed by atoms with Crippen LogP contribution in [0.25, 0.3) is 0 Å². The molecule has 6 nitrogen and oxygen atoms in total. The lowest BCUT2D eigenvalue weighted by atomic mass is 10.1. The lowest BCUT2D eigenvalue weighted by molar-refractivity contribution is -0.121. The normalized spacial score (nSPS) is 10.4. The Morgan fingerprint density at radius 1 is 1.26 bits per heavy atom. The van der Waals surface area contributed by atoms with Gasteiger partial charge in [-0.3, -0.25) is 9.59 Å². The molecule has 0 aliphatic rings. The van der Waals surface area contributed by atoms with Gasteiger partial charge in [0, 0.05) is 31.1 Å². The fourth-order valence-electron chi connectivity index (χ4n) is 2.09. The van der Waals surface area contributed by atoms with Crippen molar-refractivity contribution in [3.63, 3.8) is 0 Å². The highest BCUT2D eigenvalue weighted by Gasteiger charge is 2.12. The molecule has 7 heteroatoms. The average molecular weight is 336 g/mol. The van der Waals surface area contributed by atoms with E-state index in [1.165, 1.54) is 0 Å². The van der Waals surface area contributed by atoms with E-state index in [0.717, 1.165) is 11.1 Å². The van der Waals surface area contributed by atoms with Crippen LogP contribution in [0.1, 0.15) is 33.6 Å². The molecule has 0 spiro atoms. The fourth-order valence-corrected chi connectivity index (χ4v) is 2.35. The quantitative estimate of drug-likeness (QED) is 0.848. The third-order valence-corrected chi connectivity index (χ3v) is 3.77. The van der Waals surface area contributed by atoms with Crippen molar-refractivity contribution in [3.05, 3.63) is 51.9 Å². The highest BCUT2D eigenvalue weighted by atomic mass is 35.5. The number of rotatable bonds is 6. The first kappa shape index (κ1) is 17.0. The standard InChI is InChI=1S/C16H18ClN3O3/c1-10-13(15(17)23-20-10)7-8-14(21)19-9-11-3-5-12(6-4-11)16(22)18-2/h3-6H,7-9H2,1-2H3,(H,18,22)(H,19,21). The van der Waals surface area contributed by atoms with E-state index in [-0.39, 0.29) is 17.0 Å². The van der Waals surface area contributed by atoms with Crippen molar-refractivity contribution in [3.8, 4) is 0 Å². The van der Waals surface area contributed by atoms with Gasteiger partial charge >= 0.3 is 0 Å². The summed E-state index contributed by atoms with van der Waals surface area (Å²) in [5.74, 6) is -0.224. The molecule has 23 heavy (non-hydrogen) atoms. The summed E-state index contributed by atoms with van der Waals surface area (Å²) in [5, 5.41) is 9.37. The first-order chi connectivity index (χ1) is 11.0. The molecule has 2 aromatic rings. The summed E-state index contributed by atoms with van der Waals surface area (Å²) in [5.41, 5.74) is 2.97. The van der Waals surface area contributed by atoms with Crippen LogP contribution in [0.5, 0.6) is 0 Å². The summed E-state index contributed by atoms with van der Waals surface area (Å²) < 4.78 is 4.85. The van der Waals surface area contributed by atoms with Crippen molar-refractivity contribution >= 4 is 23.4 Å². The van der Waals surface area contributed by atoms with Crippen LogP contribution in [-0.4, -0.2) is 24.0 Å². The number of aryl methyl sites for hydroxylation is 1. The van der Waals surface area contributed by atoms with Crippen LogP contribution in [0.15, 0.2) is 28.8 Å². The number of aromatic nitrogens is 1. The molecule has 0 unspecified atom stereocenters. The molecule has 1 aromatic carbocycles. The zero-order valence-electron chi connectivity index (χ0n) is 13.0. The van der Waals surface area contributed by atoms with E-state index in [1.807, 2.05) is 12.1 Å². The molecule has 2 rings (SSSR count). The second kappa shape index (κ2) is 7.78. The number of carbonyl (C=O) groups is 2. The number of carbonyl (C=O) groups excluding carboxylic acids is 2. The highest BCUT2D eigenvalue weighted by Crippen LogP contribution is 2.20. The monoisotopic (exact) mass is 335 g/mol. The SMILES string of the molecule is CNC(=O)c1ccc(CNC(=O)CCc2c(C)noc2Cl)cc1. The minimum atomic E-state index is -0.137. The van der Waals surface area contributed by atoms with E-state index in [2.05, 4.69) is 15.8 Å². The number of benzene rings is 1. The Kier molecular flexibility index (Phi) is 5.76. The Bertz CT molecular complexity index is 676. The summed E-state index contributed by atoms with van der Waals surface area (Å²) in [6.45, 7) is 2.19. The van der Waals surface area contributed by atoms with Gasteiger partial charge in [0.2, 0.25) is 11.1 Å². The first-order valence-corrected chi connectivity index (χ1v) is 7.57. The number of amides is 2. The van der Waals surface area contributed by atoms with Gasteiger partial charge in [-0.05, 0) is 42.6 Å². The summed E-state index contributed by atoms with van der Waals surface area (Å²) in [6.07, 6.45) is 0.785. The maximum Gasteiger partial charge on any atom is 0.251 e. The minimum Gasteiger partial charge on any atom is -0.355 e. The topological polar surface area (TPSA) is 84.2 Å². The van der Waals surface area contributed by atoms with E-state index in [1.54, 1.807) is 26.1 Å². The largest absolute Gasteiger partial charge is 0.355 e. The van der Waals surface area contributed by atoms with Crippen LogP contribution in [0.2, 0.25) is 5.22 Å². The Balaban J connectivity index is 1.81. The maximum atomic E-state index is 11.9. The minimum absolute atomic E-state index is 0.0861. The molecule has 0 radical (unpaired) electrons. The summed E-state index contributed by atoms with van der Waals surface area (Å²) in [4.78, 5) is 23.3. The molecule has 0 fully saturated rings. The Labute approximate surface area is 139 Å². The predicted octanol–water partition coefficient (Wildman–Crippen LogP) is 2.25. The zero-order chi connectivity index (χ0) is 16.8. The van der Waals surface area contributed by atoms with Crippen molar-refractivity contribution in [1.29, 1.82) is 0 Å². The van der Waals surface area contributed by atoms with E-state index in [0.29, 0.717) is 30.6 Å². The smallest absolute Gasteiger partial charge is 0.251 e. The third kappa shape index (κ3) is 4.56. The highest BCUT2D eigenvalue weighted by molar-refractivity contribution is 6.29. The van der Waals surface area contributed by atoms with Crippen LogP contribution in [0.4, 0.5) is 0 Å². The lowest BCUT2D eigenvalue weighted by Gasteiger charge is -2.06. The van der Waals surface area contributed by atoms with Gasteiger partial charge in [0.1, 0.15) is 0 Å². The van der Waals surface area contributed by atoms with Gasteiger partial charge in [-0.2, -0.15) is 0 Å². The molecule has 122 valence electrons.